The number of thiocarbonyl (C=S) groups is 1. The van der Waals surface area contributed by atoms with Crippen LogP contribution in [-0.4, -0.2) is 22.3 Å². The summed E-state index contributed by atoms with van der Waals surface area (Å²) in [6, 6.07) is 8.30. The fourth-order valence-corrected chi connectivity index (χ4v) is 4.25. The summed E-state index contributed by atoms with van der Waals surface area (Å²) in [7, 11) is 0. The van der Waals surface area contributed by atoms with Crippen LogP contribution in [0, 0.1) is 17.5 Å². The van der Waals surface area contributed by atoms with Crippen molar-refractivity contribution in [1.29, 1.82) is 0 Å². The van der Waals surface area contributed by atoms with Crippen LogP contribution in [-0.2, 0) is 0 Å². The molecule has 24 heavy (non-hydrogen) atoms. The first-order valence-corrected chi connectivity index (χ1v) is 8.88. The molecule has 126 valence electrons. The van der Waals surface area contributed by atoms with Crippen LogP contribution in [0.4, 0.5) is 18.9 Å². The molecule has 1 heterocycles. The molecule has 8 heteroatoms. The average Bonchev–Trinajstić information content (AvgIpc) is 2.98. The van der Waals surface area contributed by atoms with E-state index in [9.17, 15) is 13.2 Å². The summed E-state index contributed by atoms with van der Waals surface area (Å²) in [5.41, 5.74) is 0.541. The Morgan fingerprint density at radius 3 is 2.42 bits per heavy atom. The van der Waals surface area contributed by atoms with Gasteiger partial charge in [0, 0.05) is 35.1 Å². The van der Waals surface area contributed by atoms with Crippen molar-refractivity contribution >= 4 is 46.4 Å². The fraction of sp³-hybridized carbons (Fsp3) is 0.188. The van der Waals surface area contributed by atoms with Gasteiger partial charge in [-0.1, -0.05) is 11.6 Å². The van der Waals surface area contributed by atoms with Crippen molar-refractivity contribution in [3.8, 4) is 0 Å². The Hall–Kier alpha value is -1.44. The Morgan fingerprint density at radius 1 is 1.17 bits per heavy atom. The normalized spacial score (nSPS) is 17.2. The molecule has 0 bridgehead atoms. The van der Waals surface area contributed by atoms with Gasteiger partial charge >= 0.3 is 0 Å². The summed E-state index contributed by atoms with van der Waals surface area (Å²) in [5, 5.41) is 3.32. The highest BCUT2D eigenvalue weighted by atomic mass is 35.5. The SMILES string of the molecule is Fc1cc(F)c([C@@H]2SCCN2C(=S)Nc2ccc(Cl)cc2)c(F)c1. The molecule has 2 aromatic carbocycles. The van der Waals surface area contributed by atoms with Crippen molar-refractivity contribution in [2.45, 2.75) is 5.37 Å². The molecule has 2 nitrogen and oxygen atoms in total. The summed E-state index contributed by atoms with van der Waals surface area (Å²) in [6.07, 6.45) is 0. The van der Waals surface area contributed by atoms with Gasteiger partial charge in [-0.2, -0.15) is 0 Å². The Morgan fingerprint density at radius 2 is 1.79 bits per heavy atom. The van der Waals surface area contributed by atoms with E-state index in [0.29, 0.717) is 34.6 Å². The lowest BCUT2D eigenvalue weighted by atomic mass is 10.1. The first kappa shape index (κ1) is 17.4. The number of hydrogen-bond acceptors (Lipinski definition) is 2. The minimum absolute atomic E-state index is 0.181. The third-order valence-corrected chi connectivity index (χ3v) is 5.35. The minimum atomic E-state index is -0.940. The van der Waals surface area contributed by atoms with E-state index in [0.717, 1.165) is 5.69 Å². The van der Waals surface area contributed by atoms with Crippen LogP contribution in [0.1, 0.15) is 10.9 Å². The van der Waals surface area contributed by atoms with Crippen molar-refractivity contribution in [2.75, 3.05) is 17.6 Å². The number of thioether (sulfide) groups is 1. The molecule has 1 N–H and O–H groups in total. The molecule has 1 saturated heterocycles. The van der Waals surface area contributed by atoms with Crippen molar-refractivity contribution in [3.05, 3.63) is 64.4 Å². The lowest BCUT2D eigenvalue weighted by molar-refractivity contribution is 0.422. The van der Waals surface area contributed by atoms with E-state index < -0.39 is 22.8 Å². The van der Waals surface area contributed by atoms with Crippen LogP contribution < -0.4 is 5.32 Å². The number of anilines is 1. The summed E-state index contributed by atoms with van der Waals surface area (Å²) >= 11 is 12.6. The zero-order valence-electron chi connectivity index (χ0n) is 12.2. The Bertz CT molecular complexity index is 747. The van der Waals surface area contributed by atoms with E-state index in [4.69, 9.17) is 23.8 Å². The second kappa shape index (κ2) is 7.21. The van der Waals surface area contributed by atoms with Crippen molar-refractivity contribution < 1.29 is 13.2 Å². The molecule has 0 radical (unpaired) electrons. The Labute approximate surface area is 152 Å². The molecule has 2 aromatic rings. The van der Waals surface area contributed by atoms with Gasteiger partial charge in [-0.25, -0.2) is 13.2 Å². The smallest absolute Gasteiger partial charge is 0.174 e. The molecule has 1 atom stereocenters. The van der Waals surface area contributed by atoms with Gasteiger partial charge in [-0.3, -0.25) is 0 Å². The second-order valence-electron chi connectivity index (χ2n) is 5.14. The fourth-order valence-electron chi connectivity index (χ4n) is 2.43. The maximum absolute atomic E-state index is 14.1. The van der Waals surface area contributed by atoms with Crippen molar-refractivity contribution in [3.63, 3.8) is 0 Å². The zero-order valence-corrected chi connectivity index (χ0v) is 14.6. The molecule has 0 spiro atoms. The standard InChI is InChI=1S/C16H12ClF3N2S2/c17-9-1-3-11(4-2-9)21-16(23)22-5-6-24-15(22)14-12(19)7-10(18)8-13(14)20/h1-4,7-8,15H,5-6H2,(H,21,23)/t15-/m0/s1. The average molecular weight is 389 g/mol. The van der Waals surface area contributed by atoms with Crippen LogP contribution in [0.2, 0.25) is 5.02 Å². The third-order valence-electron chi connectivity index (χ3n) is 3.54. The predicted octanol–water partition coefficient (Wildman–Crippen LogP) is 5.20. The Kier molecular flexibility index (Phi) is 5.22. The molecule has 1 fully saturated rings. The maximum Gasteiger partial charge on any atom is 0.174 e. The van der Waals surface area contributed by atoms with Crippen molar-refractivity contribution in [1.82, 2.24) is 4.90 Å². The molecular weight excluding hydrogens is 377 g/mol. The highest BCUT2D eigenvalue weighted by Gasteiger charge is 2.33. The van der Waals surface area contributed by atoms with Gasteiger partial charge in [0.2, 0.25) is 0 Å². The summed E-state index contributed by atoms with van der Waals surface area (Å²) in [5.74, 6) is -2.11. The number of halogens is 4. The highest BCUT2D eigenvalue weighted by molar-refractivity contribution is 7.99. The van der Waals surface area contributed by atoms with E-state index in [1.54, 1.807) is 29.2 Å². The largest absolute Gasteiger partial charge is 0.333 e. The summed E-state index contributed by atoms with van der Waals surface area (Å²) < 4.78 is 41.3. The van der Waals surface area contributed by atoms with Gasteiger partial charge < -0.3 is 10.2 Å². The minimum Gasteiger partial charge on any atom is -0.333 e. The van der Waals surface area contributed by atoms with Gasteiger partial charge in [0.1, 0.15) is 22.8 Å². The maximum atomic E-state index is 14.1. The molecule has 1 aliphatic rings. The van der Waals surface area contributed by atoms with Crippen LogP contribution in [0.25, 0.3) is 0 Å². The number of hydrogen-bond donors (Lipinski definition) is 1. The monoisotopic (exact) mass is 388 g/mol. The molecule has 0 aliphatic carbocycles. The molecule has 0 saturated carbocycles. The van der Waals surface area contributed by atoms with Crippen LogP contribution in [0.5, 0.6) is 0 Å². The van der Waals surface area contributed by atoms with Crippen LogP contribution in [0.15, 0.2) is 36.4 Å². The quantitative estimate of drug-likeness (QED) is 0.711. The first-order chi connectivity index (χ1) is 11.5. The first-order valence-electron chi connectivity index (χ1n) is 7.05. The van der Waals surface area contributed by atoms with E-state index in [1.165, 1.54) is 11.8 Å². The number of benzene rings is 2. The second-order valence-corrected chi connectivity index (χ2v) is 7.15. The van der Waals surface area contributed by atoms with Gasteiger partial charge in [0.15, 0.2) is 5.11 Å². The summed E-state index contributed by atoms with van der Waals surface area (Å²) in [4.78, 5) is 1.69. The highest BCUT2D eigenvalue weighted by Crippen LogP contribution is 2.40. The zero-order chi connectivity index (χ0) is 17.3. The van der Waals surface area contributed by atoms with Crippen LogP contribution in [0.3, 0.4) is 0 Å². The molecule has 0 aromatic heterocycles. The van der Waals surface area contributed by atoms with E-state index in [1.807, 2.05) is 0 Å². The lowest BCUT2D eigenvalue weighted by Gasteiger charge is -2.27. The van der Waals surface area contributed by atoms with Gasteiger partial charge in [-0.15, -0.1) is 11.8 Å². The van der Waals surface area contributed by atoms with E-state index in [-0.39, 0.29) is 5.56 Å². The number of nitrogens with one attached hydrogen (secondary N) is 1. The number of nitrogens with zero attached hydrogens (tertiary/aromatic N) is 1. The topological polar surface area (TPSA) is 15.3 Å². The van der Waals surface area contributed by atoms with E-state index >= 15 is 0 Å². The third kappa shape index (κ3) is 3.63. The van der Waals surface area contributed by atoms with Gasteiger partial charge in [0.05, 0.1) is 5.56 Å². The molecule has 0 amide bonds. The lowest BCUT2D eigenvalue weighted by Crippen LogP contribution is -2.34. The van der Waals surface area contributed by atoms with Crippen molar-refractivity contribution in [2.24, 2.45) is 0 Å². The molecule has 1 aliphatic heterocycles. The molecular formula is C16H12ClF3N2S2. The predicted molar refractivity (Wildman–Crippen MR) is 95.9 cm³/mol. The van der Waals surface area contributed by atoms with Gasteiger partial charge in [0.25, 0.3) is 0 Å². The summed E-state index contributed by atoms with van der Waals surface area (Å²) in [6.45, 7) is 0.533. The molecule has 0 unspecified atom stereocenters. The molecule has 3 rings (SSSR count). The van der Waals surface area contributed by atoms with Gasteiger partial charge in [-0.05, 0) is 36.5 Å². The van der Waals surface area contributed by atoms with Crippen LogP contribution >= 0.6 is 35.6 Å². The number of rotatable bonds is 2. The Balaban J connectivity index is 1.83. The van der Waals surface area contributed by atoms with E-state index in [2.05, 4.69) is 5.32 Å².